The van der Waals surface area contributed by atoms with Crippen molar-refractivity contribution in [3.05, 3.63) is 95.1 Å². The molecule has 1 aliphatic rings. The number of carbonyl (C=O) groups is 2. The monoisotopic (exact) mass is 469 g/mol. The van der Waals surface area contributed by atoms with Gasteiger partial charge in [-0.15, -0.1) is 0 Å². The molecule has 4 rings (SSSR count). The van der Waals surface area contributed by atoms with Gasteiger partial charge in [-0.2, -0.15) is 0 Å². The summed E-state index contributed by atoms with van der Waals surface area (Å²) in [6.45, 7) is 4.05. The van der Waals surface area contributed by atoms with Crippen LogP contribution in [0.5, 0.6) is 5.75 Å². The van der Waals surface area contributed by atoms with Gasteiger partial charge in [0.15, 0.2) is 0 Å². The molecule has 3 aromatic carbocycles. The van der Waals surface area contributed by atoms with Gasteiger partial charge in [0, 0.05) is 23.2 Å². The van der Waals surface area contributed by atoms with Gasteiger partial charge in [0.25, 0.3) is 5.91 Å². The number of hydrogen-bond donors (Lipinski definition) is 2. The van der Waals surface area contributed by atoms with Crippen LogP contribution in [-0.4, -0.2) is 29.7 Å². The largest absolute Gasteiger partial charge is 0.497 e. The van der Waals surface area contributed by atoms with Crippen LogP contribution in [0.1, 0.15) is 47.3 Å². The molecule has 0 aromatic heterocycles. The number of fused-ring (bicyclic) bond motifs is 1. The maximum atomic E-state index is 13.5. The molecule has 1 aliphatic heterocycles. The van der Waals surface area contributed by atoms with Crippen LogP contribution in [0.25, 0.3) is 0 Å². The summed E-state index contributed by atoms with van der Waals surface area (Å²) in [5.41, 5.74) is 0.567. The SMILES string of the molecule is COc1cccc(C(C)(C)CC(O)(C#Cc2ccccc2)C(=O)Nc2ccc3c(c2)COC3=O)c1. The Hall–Kier alpha value is -4.08. The minimum Gasteiger partial charge on any atom is -0.497 e. The summed E-state index contributed by atoms with van der Waals surface area (Å²) >= 11 is 0. The average molecular weight is 470 g/mol. The van der Waals surface area contributed by atoms with Gasteiger partial charge in [-0.1, -0.05) is 56.0 Å². The first-order chi connectivity index (χ1) is 16.7. The summed E-state index contributed by atoms with van der Waals surface area (Å²) in [6, 6.07) is 21.6. The van der Waals surface area contributed by atoms with E-state index < -0.39 is 16.9 Å². The molecule has 0 aliphatic carbocycles. The van der Waals surface area contributed by atoms with Crippen LogP contribution in [0.2, 0.25) is 0 Å². The Morgan fingerprint density at radius 2 is 1.86 bits per heavy atom. The number of rotatable bonds is 6. The second-order valence-corrected chi connectivity index (χ2v) is 9.17. The predicted molar refractivity (Wildman–Crippen MR) is 133 cm³/mol. The number of amides is 1. The number of esters is 1. The molecule has 0 fully saturated rings. The molecule has 3 aromatic rings. The van der Waals surface area contributed by atoms with Crippen LogP contribution in [0, 0.1) is 11.8 Å². The zero-order valence-electron chi connectivity index (χ0n) is 19.9. The lowest BCUT2D eigenvalue weighted by atomic mass is 9.75. The molecule has 1 heterocycles. The zero-order chi connectivity index (χ0) is 25.1. The van der Waals surface area contributed by atoms with E-state index in [0.717, 1.165) is 5.56 Å². The van der Waals surface area contributed by atoms with Gasteiger partial charge in [0.2, 0.25) is 5.60 Å². The van der Waals surface area contributed by atoms with Crippen LogP contribution in [-0.2, 0) is 21.6 Å². The van der Waals surface area contributed by atoms with Crippen molar-refractivity contribution in [3.63, 3.8) is 0 Å². The molecule has 0 radical (unpaired) electrons. The van der Waals surface area contributed by atoms with Gasteiger partial charge in [-0.3, -0.25) is 4.79 Å². The number of methoxy groups -OCH3 is 1. The van der Waals surface area contributed by atoms with E-state index in [1.807, 2.05) is 68.4 Å². The van der Waals surface area contributed by atoms with Crippen molar-refractivity contribution in [1.29, 1.82) is 0 Å². The lowest BCUT2D eigenvalue weighted by Gasteiger charge is -2.33. The molecule has 0 spiro atoms. The molecule has 1 amide bonds. The van der Waals surface area contributed by atoms with Crippen LogP contribution < -0.4 is 10.1 Å². The molecule has 0 saturated carbocycles. The molecular formula is C29H27NO5. The zero-order valence-corrected chi connectivity index (χ0v) is 19.9. The van der Waals surface area contributed by atoms with E-state index in [9.17, 15) is 14.7 Å². The Morgan fingerprint density at radius 1 is 1.09 bits per heavy atom. The third-order valence-corrected chi connectivity index (χ3v) is 6.05. The molecular weight excluding hydrogens is 442 g/mol. The molecule has 6 heteroatoms. The number of aliphatic hydroxyl groups is 1. The topological polar surface area (TPSA) is 84.9 Å². The van der Waals surface area contributed by atoms with Gasteiger partial charge < -0.3 is 19.9 Å². The van der Waals surface area contributed by atoms with E-state index in [1.165, 1.54) is 0 Å². The standard InChI is InChI=1S/C29H27NO5/c1-28(2,22-10-7-11-24(17-22)34-3)19-29(33,15-14-20-8-5-4-6-9-20)27(32)30-23-12-13-25-21(16-23)18-35-26(25)31/h4-13,16-17,33H,18-19H2,1-3H3,(H,30,32). The van der Waals surface area contributed by atoms with Crippen LogP contribution in [0.3, 0.4) is 0 Å². The van der Waals surface area contributed by atoms with E-state index >= 15 is 0 Å². The van der Waals surface area contributed by atoms with Gasteiger partial charge in [-0.05, 0) is 53.4 Å². The van der Waals surface area contributed by atoms with Crippen LogP contribution in [0.4, 0.5) is 5.69 Å². The molecule has 1 unspecified atom stereocenters. The summed E-state index contributed by atoms with van der Waals surface area (Å²) in [5, 5.41) is 14.4. The molecule has 178 valence electrons. The first-order valence-electron chi connectivity index (χ1n) is 11.3. The Bertz CT molecular complexity index is 1320. The van der Waals surface area contributed by atoms with Crippen molar-refractivity contribution in [2.24, 2.45) is 0 Å². The van der Waals surface area contributed by atoms with E-state index in [1.54, 1.807) is 25.3 Å². The highest BCUT2D eigenvalue weighted by Crippen LogP contribution is 2.35. The van der Waals surface area contributed by atoms with E-state index in [4.69, 9.17) is 9.47 Å². The molecule has 2 N–H and O–H groups in total. The summed E-state index contributed by atoms with van der Waals surface area (Å²) in [4.78, 5) is 25.2. The minimum atomic E-state index is -2.01. The number of carbonyl (C=O) groups excluding carboxylic acids is 2. The third kappa shape index (κ3) is 5.37. The van der Waals surface area contributed by atoms with E-state index in [-0.39, 0.29) is 19.0 Å². The molecule has 0 bridgehead atoms. The Morgan fingerprint density at radius 3 is 2.60 bits per heavy atom. The Labute approximate surface area is 204 Å². The molecule has 6 nitrogen and oxygen atoms in total. The maximum absolute atomic E-state index is 13.5. The third-order valence-electron chi connectivity index (χ3n) is 6.05. The Kier molecular flexibility index (Phi) is 6.63. The maximum Gasteiger partial charge on any atom is 0.338 e. The van der Waals surface area contributed by atoms with Crippen molar-refractivity contribution in [2.45, 2.75) is 37.9 Å². The van der Waals surface area contributed by atoms with Gasteiger partial charge in [0.05, 0.1) is 12.7 Å². The minimum absolute atomic E-state index is 0.0331. The number of ether oxygens (including phenoxy) is 2. The normalized spacial score (nSPS) is 14.1. The van der Waals surface area contributed by atoms with E-state index in [0.29, 0.717) is 28.1 Å². The van der Waals surface area contributed by atoms with Crippen molar-refractivity contribution in [3.8, 4) is 17.6 Å². The first kappa shape index (κ1) is 24.1. The van der Waals surface area contributed by atoms with Crippen molar-refractivity contribution in [1.82, 2.24) is 0 Å². The summed E-state index contributed by atoms with van der Waals surface area (Å²) in [5.74, 6) is 5.43. The van der Waals surface area contributed by atoms with Gasteiger partial charge >= 0.3 is 5.97 Å². The fraction of sp³-hybridized carbons (Fsp3) is 0.241. The lowest BCUT2D eigenvalue weighted by Crippen LogP contribution is -2.46. The average Bonchev–Trinajstić information content (AvgIpc) is 3.23. The van der Waals surface area contributed by atoms with Crippen molar-refractivity contribution in [2.75, 3.05) is 12.4 Å². The highest BCUT2D eigenvalue weighted by atomic mass is 16.5. The Balaban J connectivity index is 1.66. The number of hydrogen-bond acceptors (Lipinski definition) is 5. The highest BCUT2D eigenvalue weighted by molar-refractivity contribution is 6.01. The van der Waals surface area contributed by atoms with Gasteiger partial charge in [0.1, 0.15) is 12.4 Å². The number of cyclic esters (lactones) is 1. The van der Waals surface area contributed by atoms with Gasteiger partial charge in [-0.25, -0.2) is 4.79 Å². The molecule has 35 heavy (non-hydrogen) atoms. The number of benzene rings is 3. The fourth-order valence-electron chi connectivity index (χ4n) is 4.11. The molecule has 1 atom stereocenters. The van der Waals surface area contributed by atoms with Crippen LogP contribution in [0.15, 0.2) is 72.8 Å². The quantitative estimate of drug-likeness (QED) is 0.412. The lowest BCUT2D eigenvalue weighted by molar-refractivity contribution is -0.130. The highest BCUT2D eigenvalue weighted by Gasteiger charge is 2.41. The summed E-state index contributed by atoms with van der Waals surface area (Å²) in [7, 11) is 1.59. The predicted octanol–water partition coefficient (Wildman–Crippen LogP) is 4.45. The van der Waals surface area contributed by atoms with Crippen molar-refractivity contribution < 1.29 is 24.2 Å². The smallest absolute Gasteiger partial charge is 0.338 e. The fourth-order valence-corrected chi connectivity index (χ4v) is 4.11. The van der Waals surface area contributed by atoms with Crippen LogP contribution >= 0.6 is 0 Å². The van der Waals surface area contributed by atoms with E-state index in [2.05, 4.69) is 17.2 Å². The number of anilines is 1. The first-order valence-corrected chi connectivity index (χ1v) is 11.3. The van der Waals surface area contributed by atoms with Crippen molar-refractivity contribution >= 4 is 17.6 Å². The summed E-state index contributed by atoms with van der Waals surface area (Å²) < 4.78 is 10.4. The summed E-state index contributed by atoms with van der Waals surface area (Å²) in [6.07, 6.45) is 0.0331. The second kappa shape index (κ2) is 9.65. The second-order valence-electron chi connectivity index (χ2n) is 9.17. The number of nitrogens with one attached hydrogen (secondary N) is 1. The molecule has 0 saturated heterocycles.